The van der Waals surface area contributed by atoms with Crippen molar-refractivity contribution in [2.24, 2.45) is 0 Å². The van der Waals surface area contributed by atoms with E-state index in [1.165, 1.54) is 11.3 Å². The van der Waals surface area contributed by atoms with Crippen LogP contribution in [0, 0.1) is 0 Å². The molecule has 30 heavy (non-hydrogen) atoms. The Bertz CT molecular complexity index is 1240. The van der Waals surface area contributed by atoms with Crippen molar-refractivity contribution in [1.82, 2.24) is 24.9 Å². The molecule has 0 saturated carbocycles. The van der Waals surface area contributed by atoms with Crippen LogP contribution >= 0.6 is 11.6 Å². The average Bonchev–Trinajstić information content (AvgIpc) is 3.51. The smallest absolute Gasteiger partial charge is 0.161 e. The normalized spacial score (nSPS) is 18.3. The molecule has 6 rings (SSSR count). The summed E-state index contributed by atoms with van der Waals surface area (Å²) in [7, 11) is 0. The number of aryl methyl sites for hydroxylation is 1. The molecule has 7 heteroatoms. The second kappa shape index (κ2) is 7.06. The summed E-state index contributed by atoms with van der Waals surface area (Å²) < 4.78 is 0. The molecule has 6 nitrogen and oxygen atoms in total. The molecule has 0 amide bonds. The van der Waals surface area contributed by atoms with Gasteiger partial charge in [-0.15, -0.1) is 0 Å². The minimum atomic E-state index is 0.182. The Balaban J connectivity index is 1.45. The average molecular weight is 417 g/mol. The Morgan fingerprint density at radius 2 is 1.90 bits per heavy atom. The zero-order chi connectivity index (χ0) is 20.1. The Labute approximate surface area is 179 Å². The van der Waals surface area contributed by atoms with Crippen LogP contribution < -0.4 is 4.90 Å². The van der Waals surface area contributed by atoms with Gasteiger partial charge in [0, 0.05) is 40.8 Å². The third-order valence-electron chi connectivity index (χ3n) is 6.15. The number of nitrogens with zero attached hydrogens (tertiary/aromatic N) is 5. The number of rotatable bonds is 3. The number of hydrogen-bond donors (Lipinski definition) is 1. The molecule has 0 radical (unpaired) electrons. The molecule has 4 heterocycles. The Morgan fingerprint density at radius 1 is 1.00 bits per heavy atom. The quantitative estimate of drug-likeness (QED) is 0.514. The van der Waals surface area contributed by atoms with Crippen LogP contribution in [-0.4, -0.2) is 31.5 Å². The van der Waals surface area contributed by atoms with E-state index in [2.05, 4.69) is 14.9 Å². The third kappa shape index (κ3) is 2.94. The van der Waals surface area contributed by atoms with Crippen LogP contribution in [0.1, 0.15) is 42.4 Å². The van der Waals surface area contributed by atoms with Gasteiger partial charge in [0.15, 0.2) is 5.82 Å². The van der Waals surface area contributed by atoms with E-state index in [0.717, 1.165) is 77.7 Å². The summed E-state index contributed by atoms with van der Waals surface area (Å²) in [6.07, 6.45) is 8.96. The molecule has 3 aromatic heterocycles. The highest BCUT2D eigenvalue weighted by molar-refractivity contribution is 6.31. The van der Waals surface area contributed by atoms with Gasteiger partial charge in [0.1, 0.15) is 11.6 Å². The molecule has 0 unspecified atom stereocenters. The molecule has 150 valence electrons. The van der Waals surface area contributed by atoms with E-state index in [-0.39, 0.29) is 6.04 Å². The van der Waals surface area contributed by atoms with Gasteiger partial charge in [-0.2, -0.15) is 0 Å². The Kier molecular flexibility index (Phi) is 4.20. The number of anilines is 1. The summed E-state index contributed by atoms with van der Waals surface area (Å²) in [4.78, 5) is 24.9. The Hall–Kier alpha value is -2.99. The lowest BCUT2D eigenvalue weighted by molar-refractivity contribution is 0.669. The molecule has 1 N–H and O–H groups in total. The van der Waals surface area contributed by atoms with E-state index in [4.69, 9.17) is 26.6 Å². The molecule has 0 bridgehead atoms. The van der Waals surface area contributed by atoms with Gasteiger partial charge in [-0.25, -0.2) is 15.0 Å². The van der Waals surface area contributed by atoms with E-state index in [1.54, 1.807) is 12.4 Å². The molecule has 1 saturated heterocycles. The van der Waals surface area contributed by atoms with Crippen LogP contribution in [0.4, 0.5) is 5.82 Å². The van der Waals surface area contributed by atoms with Gasteiger partial charge in [0.2, 0.25) is 0 Å². The van der Waals surface area contributed by atoms with Crippen molar-refractivity contribution in [3.05, 3.63) is 64.8 Å². The number of pyridine rings is 1. The molecule has 0 spiro atoms. The van der Waals surface area contributed by atoms with E-state index in [1.807, 2.05) is 30.3 Å². The standard InChI is InChI=1S/C23H21ClN6/c24-15-6-7-18-19(13-15)28-22(27-18)20-5-2-12-30(20)23-16-3-1-4-17(16)26-21(29-23)14-8-10-25-11-9-14/h6-11,13,20H,1-5,12H2,(H,27,28)/t20-/m0/s1. The van der Waals surface area contributed by atoms with Gasteiger partial charge in [-0.3, -0.25) is 4.98 Å². The topological polar surface area (TPSA) is 70.6 Å². The molecule has 2 aliphatic rings. The molecule has 1 aliphatic heterocycles. The molecular weight excluding hydrogens is 396 g/mol. The fourth-order valence-corrected chi connectivity index (χ4v) is 4.92. The van der Waals surface area contributed by atoms with Crippen molar-refractivity contribution >= 4 is 28.5 Å². The summed E-state index contributed by atoms with van der Waals surface area (Å²) in [5.74, 6) is 2.85. The van der Waals surface area contributed by atoms with Crippen LogP contribution in [0.3, 0.4) is 0 Å². The number of H-pyrrole nitrogens is 1. The molecule has 1 atom stereocenters. The molecule has 1 fully saturated rings. The van der Waals surface area contributed by atoms with Gasteiger partial charge in [-0.05, 0) is 62.4 Å². The van der Waals surface area contributed by atoms with Crippen molar-refractivity contribution in [2.45, 2.75) is 38.1 Å². The highest BCUT2D eigenvalue weighted by Crippen LogP contribution is 2.40. The maximum Gasteiger partial charge on any atom is 0.161 e. The molecule has 1 aliphatic carbocycles. The predicted octanol–water partition coefficient (Wildman–Crippen LogP) is 4.90. The molecule has 4 aromatic rings. The number of halogens is 1. The summed E-state index contributed by atoms with van der Waals surface area (Å²) in [5, 5.41) is 0.719. The van der Waals surface area contributed by atoms with E-state index < -0.39 is 0 Å². The minimum Gasteiger partial charge on any atom is -0.346 e. The van der Waals surface area contributed by atoms with Crippen LogP contribution in [-0.2, 0) is 12.8 Å². The van der Waals surface area contributed by atoms with Gasteiger partial charge in [0.25, 0.3) is 0 Å². The number of nitrogens with one attached hydrogen (secondary N) is 1. The van der Waals surface area contributed by atoms with Crippen LogP contribution in [0.25, 0.3) is 22.4 Å². The minimum absolute atomic E-state index is 0.182. The van der Waals surface area contributed by atoms with E-state index in [9.17, 15) is 0 Å². The zero-order valence-electron chi connectivity index (χ0n) is 16.5. The monoisotopic (exact) mass is 416 g/mol. The van der Waals surface area contributed by atoms with Crippen LogP contribution in [0.5, 0.6) is 0 Å². The number of aromatic amines is 1. The van der Waals surface area contributed by atoms with Crippen molar-refractivity contribution in [3.8, 4) is 11.4 Å². The first-order valence-corrected chi connectivity index (χ1v) is 10.9. The van der Waals surface area contributed by atoms with Crippen LogP contribution in [0.15, 0.2) is 42.7 Å². The number of imidazole rings is 1. The first-order chi connectivity index (χ1) is 14.8. The summed E-state index contributed by atoms with van der Waals surface area (Å²) in [5.41, 5.74) is 5.43. The van der Waals surface area contributed by atoms with Crippen molar-refractivity contribution in [1.29, 1.82) is 0 Å². The number of benzene rings is 1. The second-order valence-electron chi connectivity index (χ2n) is 8.02. The van der Waals surface area contributed by atoms with Crippen molar-refractivity contribution in [2.75, 3.05) is 11.4 Å². The van der Waals surface area contributed by atoms with Gasteiger partial charge in [0.05, 0.1) is 17.1 Å². The first kappa shape index (κ1) is 17.8. The summed E-state index contributed by atoms with van der Waals surface area (Å²) in [6, 6.07) is 9.94. The summed E-state index contributed by atoms with van der Waals surface area (Å²) >= 11 is 6.17. The second-order valence-corrected chi connectivity index (χ2v) is 8.46. The van der Waals surface area contributed by atoms with Crippen LogP contribution in [0.2, 0.25) is 5.02 Å². The number of hydrogen-bond acceptors (Lipinski definition) is 5. The fourth-order valence-electron chi connectivity index (χ4n) is 4.74. The molecule has 1 aromatic carbocycles. The SMILES string of the molecule is Clc1ccc2nc([C@@H]3CCCN3c3nc(-c4ccncc4)nc4c3CCC4)[nH]c2c1. The lowest BCUT2D eigenvalue weighted by Crippen LogP contribution is -2.26. The fraction of sp³-hybridized carbons (Fsp3) is 0.304. The third-order valence-corrected chi connectivity index (χ3v) is 6.39. The number of aromatic nitrogens is 5. The number of fused-ring (bicyclic) bond motifs is 2. The Morgan fingerprint density at radius 3 is 2.80 bits per heavy atom. The maximum atomic E-state index is 6.17. The molecular formula is C23H21ClN6. The van der Waals surface area contributed by atoms with E-state index >= 15 is 0 Å². The lowest BCUT2D eigenvalue weighted by atomic mass is 10.1. The van der Waals surface area contributed by atoms with Crippen molar-refractivity contribution in [3.63, 3.8) is 0 Å². The summed E-state index contributed by atoms with van der Waals surface area (Å²) in [6.45, 7) is 0.974. The highest BCUT2D eigenvalue weighted by atomic mass is 35.5. The van der Waals surface area contributed by atoms with Crippen molar-refractivity contribution < 1.29 is 0 Å². The highest BCUT2D eigenvalue weighted by Gasteiger charge is 2.33. The van der Waals surface area contributed by atoms with Gasteiger partial charge in [-0.1, -0.05) is 11.6 Å². The largest absolute Gasteiger partial charge is 0.346 e. The van der Waals surface area contributed by atoms with Gasteiger partial charge < -0.3 is 9.88 Å². The zero-order valence-corrected chi connectivity index (χ0v) is 17.2. The maximum absolute atomic E-state index is 6.17. The van der Waals surface area contributed by atoms with E-state index in [0.29, 0.717) is 0 Å². The predicted molar refractivity (Wildman–Crippen MR) is 118 cm³/mol. The lowest BCUT2D eigenvalue weighted by Gasteiger charge is -2.26. The van der Waals surface area contributed by atoms with Gasteiger partial charge >= 0.3 is 0 Å². The first-order valence-electron chi connectivity index (χ1n) is 10.5.